The van der Waals surface area contributed by atoms with Gasteiger partial charge in [0.2, 0.25) is 5.91 Å². The smallest absolute Gasteiger partial charge is 0.326 e. The summed E-state index contributed by atoms with van der Waals surface area (Å²) in [5.74, 6) is -4.30. The summed E-state index contributed by atoms with van der Waals surface area (Å²) < 4.78 is 2.00. The number of amides is 3. The fraction of sp³-hybridized carbons (Fsp3) is 0.588. The van der Waals surface area contributed by atoms with Gasteiger partial charge in [-0.3, -0.25) is 9.59 Å². The van der Waals surface area contributed by atoms with Crippen LogP contribution in [0.5, 0.6) is 0 Å². The normalized spacial score (nSPS) is 12.4. The number of rotatable bonds is 15. The van der Waals surface area contributed by atoms with Crippen molar-refractivity contribution in [2.45, 2.75) is 57.3 Å². The maximum Gasteiger partial charge on any atom is 0.326 e. The second-order valence-electron chi connectivity index (χ2n) is 6.87. The van der Waals surface area contributed by atoms with Gasteiger partial charge in [-0.25, -0.2) is 19.1 Å². The lowest BCUT2D eigenvalue weighted by atomic mass is 10.1. The lowest BCUT2D eigenvalue weighted by Gasteiger charge is -2.18. The Kier molecular flexibility index (Phi) is 12.0. The number of carboxylic acids is 3. The van der Waals surface area contributed by atoms with Crippen molar-refractivity contribution in [3.63, 3.8) is 0 Å². The van der Waals surface area contributed by atoms with Crippen LogP contribution in [0.3, 0.4) is 0 Å². The Labute approximate surface area is 201 Å². The second kappa shape index (κ2) is 14.2. The first kappa shape index (κ1) is 28.0. The van der Waals surface area contributed by atoms with E-state index in [0.29, 0.717) is 22.2 Å². The molecule has 0 aliphatic rings. The molecule has 1 heterocycles. The number of nitrogens with two attached hydrogens (primary N) is 1. The summed E-state index contributed by atoms with van der Waals surface area (Å²) in [7, 11) is 0. The zero-order chi connectivity index (χ0) is 25.0. The molecule has 16 heteroatoms. The van der Waals surface area contributed by atoms with Crippen molar-refractivity contribution in [2.75, 3.05) is 6.54 Å². The zero-order valence-corrected chi connectivity index (χ0v) is 19.6. The third-order valence-electron chi connectivity index (χ3n) is 4.37. The molecular formula is C17H26IN7O8. The van der Waals surface area contributed by atoms with Gasteiger partial charge >= 0.3 is 23.9 Å². The van der Waals surface area contributed by atoms with Crippen LogP contribution in [0.1, 0.15) is 37.8 Å². The van der Waals surface area contributed by atoms with Crippen LogP contribution in [0.15, 0.2) is 0 Å². The predicted octanol–water partition coefficient (Wildman–Crippen LogP) is -1.30. The monoisotopic (exact) mass is 579 g/mol. The van der Waals surface area contributed by atoms with Crippen LogP contribution < -0.4 is 21.7 Å². The van der Waals surface area contributed by atoms with Gasteiger partial charge in [-0.1, -0.05) is 5.21 Å². The number of carboxylic acid groups (broad SMARTS) is 3. The maximum absolute atomic E-state index is 12.0. The Morgan fingerprint density at radius 1 is 1.00 bits per heavy atom. The lowest BCUT2D eigenvalue weighted by molar-refractivity contribution is -0.140. The second-order valence-corrected chi connectivity index (χ2v) is 7.89. The van der Waals surface area contributed by atoms with Gasteiger partial charge in [0.1, 0.15) is 22.3 Å². The van der Waals surface area contributed by atoms with E-state index in [0.717, 1.165) is 0 Å². The molecule has 0 unspecified atom stereocenters. The molecule has 0 saturated carbocycles. The van der Waals surface area contributed by atoms with Crippen molar-refractivity contribution in [1.82, 2.24) is 30.9 Å². The topological polar surface area (TPSA) is 239 Å². The molecule has 0 aliphatic carbocycles. The van der Waals surface area contributed by atoms with Gasteiger partial charge in [-0.2, -0.15) is 0 Å². The van der Waals surface area contributed by atoms with Crippen molar-refractivity contribution in [2.24, 2.45) is 5.73 Å². The van der Waals surface area contributed by atoms with Gasteiger partial charge in [0, 0.05) is 19.5 Å². The third-order valence-corrected chi connectivity index (χ3v) is 5.21. The molecule has 1 rings (SSSR count). The Hall–Kier alpha value is -3.02. The molecule has 184 valence electrons. The van der Waals surface area contributed by atoms with Crippen LogP contribution >= 0.6 is 22.6 Å². The minimum atomic E-state index is -1.47. The lowest BCUT2D eigenvalue weighted by Crippen LogP contribution is -2.51. The van der Waals surface area contributed by atoms with Crippen molar-refractivity contribution in [3.05, 3.63) is 9.39 Å². The van der Waals surface area contributed by atoms with E-state index in [4.69, 9.17) is 15.9 Å². The molecular weight excluding hydrogens is 553 g/mol. The third kappa shape index (κ3) is 10.4. The van der Waals surface area contributed by atoms with Crippen molar-refractivity contribution in [1.29, 1.82) is 0 Å². The highest BCUT2D eigenvalue weighted by atomic mass is 123. The number of carbonyl (C=O) groups excluding carboxylic acids is 2. The fourth-order valence-corrected chi connectivity index (χ4v) is 3.26. The highest BCUT2D eigenvalue weighted by Gasteiger charge is 2.24. The Balaban J connectivity index is 2.40. The molecule has 0 aliphatic heterocycles. The molecule has 2 atom stereocenters. The molecule has 0 bridgehead atoms. The summed E-state index contributed by atoms with van der Waals surface area (Å²) in [6.45, 7) is 0.383. The van der Waals surface area contributed by atoms with E-state index >= 15 is 0 Å². The highest BCUT2D eigenvalue weighted by molar-refractivity contribution is 14.1. The number of aliphatic carboxylic acids is 3. The number of hydrogen-bond acceptors (Lipinski definition) is 8. The van der Waals surface area contributed by atoms with E-state index in [-0.39, 0.29) is 38.4 Å². The number of carbonyl (C=O) groups is 5. The van der Waals surface area contributed by atoms with E-state index in [1.165, 1.54) is 4.68 Å². The van der Waals surface area contributed by atoms with Crippen LogP contribution in [0.4, 0.5) is 4.79 Å². The largest absolute Gasteiger partial charge is 0.481 e. The number of hydrogen-bond donors (Lipinski definition) is 7. The van der Waals surface area contributed by atoms with Crippen molar-refractivity contribution in [3.8, 4) is 0 Å². The Morgan fingerprint density at radius 3 is 2.15 bits per heavy atom. The van der Waals surface area contributed by atoms with Gasteiger partial charge < -0.3 is 37.0 Å². The quantitative estimate of drug-likeness (QED) is 0.0952. The number of nitrogens with zero attached hydrogens (tertiary/aromatic N) is 3. The van der Waals surface area contributed by atoms with E-state index in [1.807, 2.05) is 22.6 Å². The Bertz CT molecular complexity index is 862. The maximum atomic E-state index is 12.0. The molecule has 0 radical (unpaired) electrons. The molecule has 0 fully saturated rings. The molecule has 15 nitrogen and oxygen atoms in total. The van der Waals surface area contributed by atoms with E-state index < -0.39 is 42.4 Å². The van der Waals surface area contributed by atoms with Gasteiger partial charge in [0.05, 0.1) is 5.69 Å². The van der Waals surface area contributed by atoms with Gasteiger partial charge in [0.25, 0.3) is 0 Å². The van der Waals surface area contributed by atoms with Crippen LogP contribution in [0.25, 0.3) is 0 Å². The summed E-state index contributed by atoms with van der Waals surface area (Å²) in [6.07, 6.45) is -0.0306. The highest BCUT2D eigenvalue weighted by Crippen LogP contribution is 2.07. The number of nitrogens with one attached hydrogen (secondary N) is 3. The van der Waals surface area contributed by atoms with Crippen molar-refractivity contribution >= 4 is 52.4 Å². The summed E-state index contributed by atoms with van der Waals surface area (Å²) in [5.41, 5.74) is 6.23. The number of halogens is 1. The molecule has 3 amide bonds. The van der Waals surface area contributed by atoms with Crippen LogP contribution in [-0.4, -0.2) is 78.8 Å². The number of unbranched alkanes of at least 4 members (excludes halogenated alkanes) is 1. The standard InChI is InChI=1S/C17H26IN7O8/c18-14-11(7-19)25(24-23-14)8-12(26)20-6-2-1-3-9(15(29)30)21-17(33)22-10(16(31)32)4-5-13(27)28/h9-10H,1-8,19H2,(H,20,26)(H,27,28)(H,29,30)(H,31,32)(H2,21,22,33)/t9-,10-/m0/s1/i18-4. The van der Waals surface area contributed by atoms with Gasteiger partial charge in [-0.15, -0.1) is 5.10 Å². The van der Waals surface area contributed by atoms with E-state index in [1.54, 1.807) is 0 Å². The van der Waals surface area contributed by atoms with E-state index in [9.17, 15) is 29.1 Å². The summed E-state index contributed by atoms with van der Waals surface area (Å²) >= 11 is 1.96. The SMILES string of the molecule is NCc1c([123I])nnn1CC(=O)NCCCC[C@H](NC(=O)N[C@@H](CCC(=O)O)C(=O)O)C(=O)O. The first-order valence-electron chi connectivity index (χ1n) is 9.84. The first-order chi connectivity index (χ1) is 15.5. The zero-order valence-electron chi connectivity index (χ0n) is 17.5. The molecule has 33 heavy (non-hydrogen) atoms. The average Bonchev–Trinajstić information content (AvgIpc) is 3.08. The van der Waals surface area contributed by atoms with Gasteiger partial charge in [0.15, 0.2) is 0 Å². The predicted molar refractivity (Wildman–Crippen MR) is 119 cm³/mol. The molecule has 8 N–H and O–H groups in total. The van der Waals surface area contributed by atoms with Crippen LogP contribution in [0, 0.1) is 3.70 Å². The molecule has 0 spiro atoms. The first-order valence-corrected chi connectivity index (χ1v) is 10.9. The molecule has 0 saturated heterocycles. The number of urea groups is 1. The van der Waals surface area contributed by atoms with Crippen molar-refractivity contribution < 1.29 is 39.3 Å². The van der Waals surface area contributed by atoms with E-state index in [2.05, 4.69) is 26.3 Å². The summed E-state index contributed by atoms with van der Waals surface area (Å²) in [5, 5.41) is 41.5. The number of aromatic nitrogens is 3. The Morgan fingerprint density at radius 2 is 1.61 bits per heavy atom. The summed E-state index contributed by atoms with van der Waals surface area (Å²) in [6, 6.07) is -3.80. The van der Waals surface area contributed by atoms with Crippen LogP contribution in [-0.2, 0) is 32.3 Å². The summed E-state index contributed by atoms with van der Waals surface area (Å²) in [4.78, 5) is 57.0. The van der Waals surface area contributed by atoms with Gasteiger partial charge in [-0.05, 0) is 48.3 Å². The molecule has 1 aromatic heterocycles. The van der Waals surface area contributed by atoms with Crippen LogP contribution in [0.2, 0.25) is 0 Å². The molecule has 1 aromatic rings. The minimum Gasteiger partial charge on any atom is -0.481 e. The average molecular weight is 579 g/mol. The molecule has 0 aromatic carbocycles. The fourth-order valence-electron chi connectivity index (χ4n) is 2.66. The minimum absolute atomic E-state index is 0.0318.